The normalized spacial score (nSPS) is 11.0. The number of anilines is 1. The van der Waals surface area contributed by atoms with Gasteiger partial charge in [-0.05, 0) is 28.5 Å². The average molecular weight is 377 g/mol. The maximum Gasteiger partial charge on any atom is 0.221 e. The summed E-state index contributed by atoms with van der Waals surface area (Å²) in [7, 11) is 0. The zero-order valence-corrected chi connectivity index (χ0v) is 15.7. The van der Waals surface area contributed by atoms with Gasteiger partial charge in [0.05, 0.1) is 12.0 Å². The predicted octanol–water partition coefficient (Wildman–Crippen LogP) is 5.73. The van der Waals surface area contributed by atoms with Gasteiger partial charge in [0.1, 0.15) is 5.69 Å². The van der Waals surface area contributed by atoms with E-state index < -0.39 is 0 Å². The fourth-order valence-electron chi connectivity index (χ4n) is 3.74. The lowest BCUT2D eigenvalue weighted by Gasteiger charge is -2.15. The van der Waals surface area contributed by atoms with E-state index in [9.17, 15) is 0 Å². The van der Waals surface area contributed by atoms with E-state index >= 15 is 0 Å². The van der Waals surface area contributed by atoms with Crippen LogP contribution in [-0.4, -0.2) is 9.97 Å². The number of rotatable bonds is 4. The molecule has 4 heteroatoms. The summed E-state index contributed by atoms with van der Waals surface area (Å²) in [4.78, 5) is 9.24. The number of fused-ring (bicyclic) bond motifs is 1. The van der Waals surface area contributed by atoms with E-state index in [0.717, 1.165) is 33.3 Å². The third kappa shape index (κ3) is 3.25. The number of aromatic nitrogens is 2. The maximum atomic E-state index is 6.15. The van der Waals surface area contributed by atoms with E-state index in [0.29, 0.717) is 12.2 Å². The van der Waals surface area contributed by atoms with Gasteiger partial charge in [0.15, 0.2) is 5.76 Å². The molecule has 29 heavy (non-hydrogen) atoms. The van der Waals surface area contributed by atoms with Gasteiger partial charge >= 0.3 is 0 Å². The van der Waals surface area contributed by atoms with Crippen LogP contribution in [0.2, 0.25) is 0 Å². The summed E-state index contributed by atoms with van der Waals surface area (Å²) >= 11 is 0. The molecule has 3 aromatic carbocycles. The Morgan fingerprint density at radius 3 is 2.31 bits per heavy atom. The standard InChI is InChI=1S/C25H19N3O/c26-25-27-23(20-13-6-11-18-10-4-5-12-19(18)20)21(16-17-8-2-1-3-9-17)24(28-25)22-14-7-15-29-22/h1-15H,16H2,(H2,26,27,28). The molecule has 2 N–H and O–H groups in total. The number of nitrogens with two attached hydrogens (primary N) is 1. The second-order valence-electron chi connectivity index (χ2n) is 6.92. The lowest BCUT2D eigenvalue weighted by molar-refractivity contribution is 0.579. The third-order valence-electron chi connectivity index (χ3n) is 5.05. The molecular weight excluding hydrogens is 358 g/mol. The third-order valence-corrected chi connectivity index (χ3v) is 5.05. The van der Waals surface area contributed by atoms with E-state index in [1.165, 1.54) is 5.56 Å². The molecule has 0 saturated carbocycles. The van der Waals surface area contributed by atoms with Crippen LogP contribution < -0.4 is 5.73 Å². The Kier molecular flexibility index (Phi) is 4.30. The minimum Gasteiger partial charge on any atom is -0.463 e. The largest absolute Gasteiger partial charge is 0.463 e. The van der Waals surface area contributed by atoms with Crippen LogP contribution in [0.15, 0.2) is 95.6 Å². The van der Waals surface area contributed by atoms with E-state index in [1.807, 2.05) is 42.5 Å². The predicted molar refractivity (Wildman–Crippen MR) is 116 cm³/mol. The second kappa shape index (κ2) is 7.24. The van der Waals surface area contributed by atoms with Crippen molar-refractivity contribution in [2.75, 3.05) is 5.73 Å². The fourth-order valence-corrected chi connectivity index (χ4v) is 3.74. The minimum atomic E-state index is 0.233. The minimum absolute atomic E-state index is 0.233. The average Bonchev–Trinajstić information content (AvgIpc) is 3.30. The molecule has 0 spiro atoms. The molecule has 0 bridgehead atoms. The summed E-state index contributed by atoms with van der Waals surface area (Å²) < 4.78 is 5.69. The lowest BCUT2D eigenvalue weighted by atomic mass is 9.94. The Balaban J connectivity index is 1.80. The number of benzene rings is 3. The second-order valence-corrected chi connectivity index (χ2v) is 6.92. The first-order valence-electron chi connectivity index (χ1n) is 9.52. The summed E-state index contributed by atoms with van der Waals surface area (Å²) in [6, 6.07) is 28.6. The molecule has 0 aliphatic rings. The van der Waals surface area contributed by atoms with Crippen molar-refractivity contribution in [2.24, 2.45) is 0 Å². The molecule has 5 aromatic rings. The highest BCUT2D eigenvalue weighted by Gasteiger charge is 2.20. The molecule has 0 fully saturated rings. The zero-order valence-electron chi connectivity index (χ0n) is 15.7. The summed E-state index contributed by atoms with van der Waals surface area (Å²) in [5, 5.41) is 2.29. The zero-order chi connectivity index (χ0) is 19.6. The first-order valence-corrected chi connectivity index (χ1v) is 9.52. The Bertz CT molecular complexity index is 1270. The van der Waals surface area contributed by atoms with Gasteiger partial charge in [-0.3, -0.25) is 0 Å². The van der Waals surface area contributed by atoms with Crippen LogP contribution in [0.5, 0.6) is 0 Å². The van der Waals surface area contributed by atoms with Gasteiger partial charge < -0.3 is 10.2 Å². The summed E-state index contributed by atoms with van der Waals surface area (Å²) in [6.45, 7) is 0. The molecular formula is C25H19N3O. The summed E-state index contributed by atoms with van der Waals surface area (Å²) in [5.41, 5.74) is 10.9. The number of hydrogen-bond acceptors (Lipinski definition) is 4. The van der Waals surface area contributed by atoms with Crippen molar-refractivity contribution >= 4 is 16.7 Å². The smallest absolute Gasteiger partial charge is 0.221 e. The van der Waals surface area contributed by atoms with E-state index in [1.54, 1.807) is 6.26 Å². The molecule has 140 valence electrons. The summed E-state index contributed by atoms with van der Waals surface area (Å²) in [6.07, 6.45) is 2.33. The van der Waals surface area contributed by atoms with Crippen LogP contribution in [0.3, 0.4) is 0 Å². The maximum absolute atomic E-state index is 6.15. The van der Waals surface area contributed by atoms with Crippen LogP contribution >= 0.6 is 0 Å². The molecule has 2 aromatic heterocycles. The van der Waals surface area contributed by atoms with Crippen molar-refractivity contribution in [1.82, 2.24) is 9.97 Å². The lowest BCUT2D eigenvalue weighted by Crippen LogP contribution is -2.06. The highest BCUT2D eigenvalue weighted by Crippen LogP contribution is 2.35. The van der Waals surface area contributed by atoms with Gasteiger partial charge in [0, 0.05) is 17.5 Å². The van der Waals surface area contributed by atoms with Gasteiger partial charge in [0.25, 0.3) is 0 Å². The van der Waals surface area contributed by atoms with E-state index in [2.05, 4.69) is 52.4 Å². The number of nitrogen functional groups attached to an aromatic ring is 1. The monoisotopic (exact) mass is 377 g/mol. The van der Waals surface area contributed by atoms with Crippen molar-refractivity contribution < 1.29 is 4.42 Å². The van der Waals surface area contributed by atoms with Crippen LogP contribution in [0.4, 0.5) is 5.95 Å². The van der Waals surface area contributed by atoms with Crippen molar-refractivity contribution in [1.29, 1.82) is 0 Å². The van der Waals surface area contributed by atoms with Crippen molar-refractivity contribution in [2.45, 2.75) is 6.42 Å². The first-order chi connectivity index (χ1) is 14.3. The molecule has 0 amide bonds. The van der Waals surface area contributed by atoms with Gasteiger partial charge in [-0.1, -0.05) is 72.8 Å². The quantitative estimate of drug-likeness (QED) is 0.434. The first kappa shape index (κ1) is 17.2. The Morgan fingerprint density at radius 2 is 1.48 bits per heavy atom. The van der Waals surface area contributed by atoms with Crippen molar-refractivity contribution in [3.05, 3.63) is 102 Å². The fraction of sp³-hybridized carbons (Fsp3) is 0.0400. The van der Waals surface area contributed by atoms with Gasteiger partial charge in [-0.25, -0.2) is 9.97 Å². The Morgan fingerprint density at radius 1 is 0.724 bits per heavy atom. The van der Waals surface area contributed by atoms with Crippen LogP contribution in [0, 0.1) is 0 Å². The molecule has 2 heterocycles. The molecule has 0 unspecified atom stereocenters. The Hall–Kier alpha value is -3.92. The van der Waals surface area contributed by atoms with E-state index in [-0.39, 0.29) is 5.95 Å². The van der Waals surface area contributed by atoms with Crippen LogP contribution in [0.1, 0.15) is 11.1 Å². The van der Waals surface area contributed by atoms with Crippen molar-refractivity contribution in [3.8, 4) is 22.7 Å². The number of furan rings is 1. The molecule has 0 saturated heterocycles. The van der Waals surface area contributed by atoms with Gasteiger partial charge in [-0.15, -0.1) is 0 Å². The highest BCUT2D eigenvalue weighted by atomic mass is 16.3. The van der Waals surface area contributed by atoms with Gasteiger partial charge in [0.2, 0.25) is 5.95 Å². The molecule has 4 nitrogen and oxygen atoms in total. The molecule has 0 aliphatic heterocycles. The number of nitrogens with zero attached hydrogens (tertiary/aromatic N) is 2. The van der Waals surface area contributed by atoms with Crippen LogP contribution in [0.25, 0.3) is 33.5 Å². The molecule has 0 radical (unpaired) electrons. The number of hydrogen-bond donors (Lipinski definition) is 1. The topological polar surface area (TPSA) is 64.9 Å². The Labute approximate surface area is 168 Å². The SMILES string of the molecule is Nc1nc(-c2ccco2)c(Cc2ccccc2)c(-c2cccc3ccccc23)n1. The van der Waals surface area contributed by atoms with Gasteiger partial charge in [-0.2, -0.15) is 0 Å². The van der Waals surface area contributed by atoms with Crippen molar-refractivity contribution in [3.63, 3.8) is 0 Å². The molecule has 0 aliphatic carbocycles. The molecule has 0 atom stereocenters. The van der Waals surface area contributed by atoms with E-state index in [4.69, 9.17) is 10.2 Å². The highest BCUT2D eigenvalue weighted by molar-refractivity contribution is 5.97. The summed E-state index contributed by atoms with van der Waals surface area (Å²) in [5.74, 6) is 0.919. The van der Waals surface area contributed by atoms with Crippen LogP contribution in [-0.2, 0) is 6.42 Å². The molecule has 5 rings (SSSR count).